The number of unbranched alkanes of at least 4 members (excludes halogenated alkanes) is 1. The summed E-state index contributed by atoms with van der Waals surface area (Å²) in [6, 6.07) is 18.9. The lowest BCUT2D eigenvalue weighted by Gasteiger charge is -2.02. The van der Waals surface area contributed by atoms with E-state index in [1.165, 1.54) is 16.5 Å². The van der Waals surface area contributed by atoms with Crippen LogP contribution < -0.4 is 0 Å². The molecule has 0 fully saturated rings. The van der Waals surface area contributed by atoms with E-state index in [0.717, 1.165) is 35.2 Å². The Morgan fingerprint density at radius 1 is 1.00 bits per heavy atom. The highest BCUT2D eigenvalue weighted by Crippen LogP contribution is 2.32. The van der Waals surface area contributed by atoms with Crippen molar-refractivity contribution in [2.24, 2.45) is 7.05 Å². The highest BCUT2D eigenvalue weighted by Gasteiger charge is 2.15. The van der Waals surface area contributed by atoms with Gasteiger partial charge in [0.1, 0.15) is 0 Å². The van der Waals surface area contributed by atoms with Crippen LogP contribution in [0.1, 0.15) is 24.3 Å². The van der Waals surface area contributed by atoms with Crippen molar-refractivity contribution in [3.05, 3.63) is 78.6 Å². The van der Waals surface area contributed by atoms with Crippen LogP contribution in [0, 0.1) is 11.3 Å². The number of hydrogen-bond acceptors (Lipinski definition) is 3. The number of benzene rings is 2. The number of aryl methyl sites for hydroxylation is 2. The van der Waals surface area contributed by atoms with Gasteiger partial charge in [-0.2, -0.15) is 5.26 Å². The minimum absolute atomic E-state index is 0.555. The third-order valence-electron chi connectivity index (χ3n) is 5.62. The molecule has 5 rings (SSSR count). The number of rotatable bonds is 6. The molecule has 0 atom stereocenters. The van der Waals surface area contributed by atoms with E-state index in [1.54, 1.807) is 0 Å². The maximum absolute atomic E-state index is 8.85. The number of nitriles is 1. The lowest BCUT2D eigenvalue weighted by atomic mass is 10.1. The van der Waals surface area contributed by atoms with Crippen molar-refractivity contribution in [1.82, 2.24) is 14.1 Å². The lowest BCUT2D eigenvalue weighted by molar-refractivity contribution is 0.519. The molecule has 0 unspecified atom stereocenters. The van der Waals surface area contributed by atoms with Crippen molar-refractivity contribution in [2.45, 2.75) is 25.8 Å². The molecule has 0 saturated heterocycles. The standard InChI is InChI=1S/C25H22N4O/c1-28-16-18(19-8-2-4-10-22(19)28)14-25-27-15-24(30-25)21-17-29(13-7-6-12-26)23-11-5-3-9-20(21)23/h2-5,8-11,15-17H,6-7,13-14H2,1H3. The van der Waals surface area contributed by atoms with Crippen LogP contribution in [0.3, 0.4) is 0 Å². The van der Waals surface area contributed by atoms with Gasteiger partial charge in [0.05, 0.1) is 18.7 Å². The van der Waals surface area contributed by atoms with Crippen molar-refractivity contribution < 1.29 is 4.42 Å². The van der Waals surface area contributed by atoms with Gasteiger partial charge in [-0.25, -0.2) is 4.98 Å². The molecule has 3 aromatic heterocycles. The predicted molar refractivity (Wildman–Crippen MR) is 118 cm³/mol. The highest BCUT2D eigenvalue weighted by atomic mass is 16.4. The minimum atomic E-state index is 0.555. The fourth-order valence-corrected chi connectivity index (χ4v) is 4.20. The molecule has 30 heavy (non-hydrogen) atoms. The van der Waals surface area contributed by atoms with Crippen molar-refractivity contribution in [3.63, 3.8) is 0 Å². The van der Waals surface area contributed by atoms with Gasteiger partial charge in [0.15, 0.2) is 11.7 Å². The van der Waals surface area contributed by atoms with Gasteiger partial charge < -0.3 is 13.6 Å². The first kappa shape index (κ1) is 18.3. The summed E-state index contributed by atoms with van der Waals surface area (Å²) in [6.07, 6.45) is 8.13. The zero-order valence-corrected chi connectivity index (χ0v) is 16.9. The average Bonchev–Trinajstić information content (AvgIpc) is 3.46. The zero-order chi connectivity index (χ0) is 20.5. The summed E-state index contributed by atoms with van der Waals surface area (Å²) in [6.45, 7) is 0.811. The molecule has 148 valence electrons. The Labute approximate surface area is 174 Å². The van der Waals surface area contributed by atoms with Crippen LogP contribution in [-0.4, -0.2) is 14.1 Å². The number of hydrogen-bond donors (Lipinski definition) is 0. The highest BCUT2D eigenvalue weighted by molar-refractivity contribution is 5.94. The monoisotopic (exact) mass is 394 g/mol. The fourth-order valence-electron chi connectivity index (χ4n) is 4.20. The molecule has 3 heterocycles. The molecule has 5 heteroatoms. The normalized spacial score (nSPS) is 11.3. The van der Waals surface area contributed by atoms with Gasteiger partial charge in [0.2, 0.25) is 0 Å². The fraction of sp³-hybridized carbons (Fsp3) is 0.200. The van der Waals surface area contributed by atoms with E-state index < -0.39 is 0 Å². The van der Waals surface area contributed by atoms with Gasteiger partial charge in [0, 0.05) is 59.8 Å². The van der Waals surface area contributed by atoms with Crippen LogP contribution in [0.15, 0.2) is 71.5 Å². The molecule has 5 aromatic rings. The Morgan fingerprint density at radius 3 is 2.60 bits per heavy atom. The Kier molecular flexibility index (Phi) is 4.61. The van der Waals surface area contributed by atoms with E-state index in [0.29, 0.717) is 18.7 Å². The van der Waals surface area contributed by atoms with Crippen molar-refractivity contribution in [3.8, 4) is 17.4 Å². The predicted octanol–water partition coefficient (Wildman–Crippen LogP) is 5.68. The lowest BCUT2D eigenvalue weighted by Crippen LogP contribution is -1.94. The third kappa shape index (κ3) is 3.17. The van der Waals surface area contributed by atoms with Crippen molar-refractivity contribution in [2.75, 3.05) is 0 Å². The molecule has 0 bridgehead atoms. The second kappa shape index (κ2) is 7.57. The quantitative estimate of drug-likeness (QED) is 0.348. The van der Waals surface area contributed by atoms with Crippen molar-refractivity contribution in [1.29, 1.82) is 5.26 Å². The topological polar surface area (TPSA) is 59.7 Å². The molecular weight excluding hydrogens is 372 g/mol. The smallest absolute Gasteiger partial charge is 0.199 e. The Morgan fingerprint density at radius 2 is 1.77 bits per heavy atom. The van der Waals surface area contributed by atoms with Crippen LogP contribution >= 0.6 is 0 Å². The molecule has 0 aliphatic carbocycles. The second-order valence-corrected chi connectivity index (χ2v) is 7.59. The van der Waals surface area contributed by atoms with Gasteiger partial charge >= 0.3 is 0 Å². The number of para-hydroxylation sites is 2. The molecule has 0 aliphatic heterocycles. The van der Waals surface area contributed by atoms with Gasteiger partial charge in [-0.1, -0.05) is 36.4 Å². The number of fused-ring (bicyclic) bond motifs is 2. The molecular formula is C25H22N4O. The molecule has 0 saturated carbocycles. The van der Waals surface area contributed by atoms with Gasteiger partial charge in [-0.05, 0) is 24.1 Å². The van der Waals surface area contributed by atoms with Gasteiger partial charge in [-0.15, -0.1) is 0 Å². The van der Waals surface area contributed by atoms with E-state index in [4.69, 9.17) is 9.68 Å². The molecule has 0 radical (unpaired) electrons. The van der Waals surface area contributed by atoms with Crippen LogP contribution in [0.2, 0.25) is 0 Å². The number of nitrogens with zero attached hydrogens (tertiary/aromatic N) is 4. The summed E-state index contributed by atoms with van der Waals surface area (Å²) in [5, 5.41) is 11.2. The van der Waals surface area contributed by atoms with Crippen LogP contribution in [-0.2, 0) is 20.0 Å². The largest absolute Gasteiger partial charge is 0.440 e. The second-order valence-electron chi connectivity index (χ2n) is 7.59. The first-order chi connectivity index (χ1) is 14.7. The van der Waals surface area contributed by atoms with E-state index in [-0.39, 0.29) is 0 Å². The van der Waals surface area contributed by atoms with Gasteiger partial charge in [-0.3, -0.25) is 0 Å². The minimum Gasteiger partial charge on any atom is -0.440 e. The van der Waals surface area contributed by atoms with Crippen LogP contribution in [0.5, 0.6) is 0 Å². The summed E-state index contributed by atoms with van der Waals surface area (Å²) in [5.74, 6) is 1.49. The molecule has 0 N–H and O–H groups in total. The average molecular weight is 394 g/mol. The van der Waals surface area contributed by atoms with Crippen molar-refractivity contribution >= 4 is 21.8 Å². The Bertz CT molecular complexity index is 1380. The van der Waals surface area contributed by atoms with E-state index in [9.17, 15) is 0 Å². The summed E-state index contributed by atoms with van der Waals surface area (Å²) in [4.78, 5) is 4.57. The maximum atomic E-state index is 8.85. The summed E-state index contributed by atoms with van der Waals surface area (Å²) in [7, 11) is 2.06. The van der Waals surface area contributed by atoms with E-state index in [2.05, 4.69) is 76.0 Å². The van der Waals surface area contributed by atoms with Crippen LogP contribution in [0.25, 0.3) is 33.1 Å². The SMILES string of the molecule is Cn1cc(Cc2ncc(-c3cn(CCCC#N)c4ccccc34)o2)c2ccccc21. The molecule has 2 aromatic carbocycles. The summed E-state index contributed by atoms with van der Waals surface area (Å²) < 4.78 is 10.5. The summed E-state index contributed by atoms with van der Waals surface area (Å²) >= 11 is 0. The van der Waals surface area contributed by atoms with E-state index >= 15 is 0 Å². The molecule has 5 nitrogen and oxygen atoms in total. The van der Waals surface area contributed by atoms with Crippen LogP contribution in [0.4, 0.5) is 0 Å². The number of oxazole rings is 1. The molecule has 0 spiro atoms. The first-order valence-corrected chi connectivity index (χ1v) is 10.2. The zero-order valence-electron chi connectivity index (χ0n) is 16.9. The van der Waals surface area contributed by atoms with E-state index in [1.807, 2.05) is 18.3 Å². The number of aromatic nitrogens is 3. The Hall–Kier alpha value is -3.78. The maximum Gasteiger partial charge on any atom is 0.199 e. The van der Waals surface area contributed by atoms with Gasteiger partial charge in [0.25, 0.3) is 0 Å². The molecule has 0 aliphatic rings. The summed E-state index contributed by atoms with van der Waals surface area (Å²) in [5.41, 5.74) is 4.61. The molecule has 0 amide bonds. The Balaban J connectivity index is 1.48. The first-order valence-electron chi connectivity index (χ1n) is 10.2. The third-order valence-corrected chi connectivity index (χ3v) is 5.62.